The van der Waals surface area contributed by atoms with Crippen molar-refractivity contribution in [2.24, 2.45) is 0 Å². The molecule has 112 valence electrons. The Kier molecular flexibility index (Phi) is 5.25. The van der Waals surface area contributed by atoms with Gasteiger partial charge in [0.05, 0.1) is 18.8 Å². The summed E-state index contributed by atoms with van der Waals surface area (Å²) in [6.07, 6.45) is -1.23. The molecule has 0 aliphatic carbocycles. The summed E-state index contributed by atoms with van der Waals surface area (Å²) < 4.78 is 32.0. The van der Waals surface area contributed by atoms with E-state index < -0.39 is 17.7 Å². The van der Waals surface area contributed by atoms with Crippen molar-refractivity contribution >= 4 is 0 Å². The zero-order valence-corrected chi connectivity index (χ0v) is 11.6. The second kappa shape index (κ2) is 7.15. The number of aliphatic hydroxyl groups excluding tert-OH is 1. The van der Waals surface area contributed by atoms with E-state index in [0.29, 0.717) is 6.54 Å². The van der Waals surface area contributed by atoms with E-state index in [1.54, 1.807) is 7.11 Å². The van der Waals surface area contributed by atoms with Crippen LogP contribution in [-0.2, 0) is 6.54 Å². The second-order valence-corrected chi connectivity index (χ2v) is 4.63. The first-order chi connectivity index (χ1) is 10.1. The molecule has 2 rings (SSSR count). The van der Waals surface area contributed by atoms with Gasteiger partial charge in [0, 0.05) is 13.1 Å². The average molecular weight is 293 g/mol. The molecule has 2 aromatic carbocycles. The van der Waals surface area contributed by atoms with Gasteiger partial charge in [-0.05, 0) is 29.8 Å². The number of nitrogens with one attached hydrogen (secondary N) is 1. The highest BCUT2D eigenvalue weighted by atomic mass is 19.1. The lowest BCUT2D eigenvalue weighted by atomic mass is 10.1. The van der Waals surface area contributed by atoms with Crippen molar-refractivity contribution in [3.8, 4) is 5.75 Å². The highest BCUT2D eigenvalue weighted by molar-refractivity contribution is 5.27. The molecule has 0 spiro atoms. The number of aliphatic hydroxyl groups is 1. The summed E-state index contributed by atoms with van der Waals surface area (Å²) in [5.41, 5.74) is 0.678. The summed E-state index contributed by atoms with van der Waals surface area (Å²) >= 11 is 0. The molecule has 1 atom stereocenters. The maximum absolute atomic E-state index is 13.5. The zero-order chi connectivity index (χ0) is 15.2. The Morgan fingerprint density at radius 1 is 1.10 bits per heavy atom. The zero-order valence-electron chi connectivity index (χ0n) is 11.6. The fourth-order valence-electron chi connectivity index (χ4n) is 2.03. The fraction of sp³-hybridized carbons (Fsp3) is 0.250. The molecule has 0 fully saturated rings. The van der Waals surface area contributed by atoms with E-state index in [4.69, 9.17) is 4.74 Å². The van der Waals surface area contributed by atoms with Crippen molar-refractivity contribution in [1.29, 1.82) is 0 Å². The maximum Gasteiger partial charge on any atom is 0.131 e. The van der Waals surface area contributed by atoms with Crippen molar-refractivity contribution in [3.63, 3.8) is 0 Å². The van der Waals surface area contributed by atoms with E-state index in [0.717, 1.165) is 23.4 Å². The third kappa shape index (κ3) is 4.00. The molecule has 0 aliphatic rings. The van der Waals surface area contributed by atoms with Gasteiger partial charge in [-0.1, -0.05) is 18.2 Å². The molecule has 0 radical (unpaired) electrons. The molecular weight excluding hydrogens is 276 g/mol. The minimum Gasteiger partial charge on any atom is -0.497 e. The van der Waals surface area contributed by atoms with Gasteiger partial charge in [0.15, 0.2) is 0 Å². The molecule has 0 saturated carbocycles. The fourth-order valence-corrected chi connectivity index (χ4v) is 2.03. The van der Waals surface area contributed by atoms with Crippen LogP contribution < -0.4 is 10.1 Å². The third-order valence-electron chi connectivity index (χ3n) is 3.16. The predicted octanol–water partition coefficient (Wildman–Crippen LogP) is 2.80. The van der Waals surface area contributed by atoms with Crippen LogP contribution in [0.2, 0.25) is 0 Å². The average Bonchev–Trinajstić information content (AvgIpc) is 2.48. The van der Waals surface area contributed by atoms with Crippen molar-refractivity contribution in [2.45, 2.75) is 12.6 Å². The van der Waals surface area contributed by atoms with Crippen LogP contribution in [0.3, 0.4) is 0 Å². The molecule has 0 aromatic heterocycles. The van der Waals surface area contributed by atoms with Crippen LogP contribution in [0.15, 0.2) is 42.5 Å². The van der Waals surface area contributed by atoms with Gasteiger partial charge < -0.3 is 15.2 Å². The van der Waals surface area contributed by atoms with Crippen LogP contribution in [0.5, 0.6) is 5.75 Å². The summed E-state index contributed by atoms with van der Waals surface area (Å²) in [7, 11) is 1.59. The Hall–Kier alpha value is -1.98. The van der Waals surface area contributed by atoms with Gasteiger partial charge in [0.1, 0.15) is 17.4 Å². The maximum atomic E-state index is 13.5. The largest absolute Gasteiger partial charge is 0.497 e. The van der Waals surface area contributed by atoms with Crippen LogP contribution in [0, 0.1) is 11.6 Å². The minimum atomic E-state index is -1.23. The number of hydrogen-bond donors (Lipinski definition) is 2. The first kappa shape index (κ1) is 15.4. The monoisotopic (exact) mass is 293 g/mol. The standard InChI is InChI=1S/C16H17F2NO2/c1-21-12-7-5-11(6-8-12)9-19-10-15(20)16-13(17)3-2-4-14(16)18/h2-8,15,19-20H,9-10H2,1H3. The summed E-state index contributed by atoms with van der Waals surface area (Å²) in [5, 5.41) is 12.8. The highest BCUT2D eigenvalue weighted by Crippen LogP contribution is 2.20. The van der Waals surface area contributed by atoms with E-state index in [1.807, 2.05) is 24.3 Å². The number of rotatable bonds is 6. The Balaban J connectivity index is 1.90. The molecule has 3 nitrogen and oxygen atoms in total. The van der Waals surface area contributed by atoms with Crippen LogP contribution in [0.4, 0.5) is 8.78 Å². The lowest BCUT2D eigenvalue weighted by molar-refractivity contribution is 0.164. The molecule has 1 unspecified atom stereocenters. The Labute approximate surface area is 122 Å². The second-order valence-electron chi connectivity index (χ2n) is 4.63. The minimum absolute atomic E-state index is 0.0594. The van der Waals surface area contributed by atoms with E-state index in [1.165, 1.54) is 6.07 Å². The smallest absolute Gasteiger partial charge is 0.131 e. The first-order valence-electron chi connectivity index (χ1n) is 6.57. The normalized spacial score (nSPS) is 12.2. The first-order valence-corrected chi connectivity index (χ1v) is 6.57. The molecule has 0 bridgehead atoms. The van der Waals surface area contributed by atoms with Gasteiger partial charge in [-0.2, -0.15) is 0 Å². The number of hydrogen-bond acceptors (Lipinski definition) is 3. The molecule has 0 aliphatic heterocycles. The van der Waals surface area contributed by atoms with E-state index in [2.05, 4.69) is 5.32 Å². The summed E-state index contributed by atoms with van der Waals surface area (Å²) in [4.78, 5) is 0. The molecule has 2 aromatic rings. The number of benzene rings is 2. The lowest BCUT2D eigenvalue weighted by Crippen LogP contribution is -2.22. The van der Waals surface area contributed by atoms with Gasteiger partial charge >= 0.3 is 0 Å². The predicted molar refractivity (Wildman–Crippen MR) is 76.0 cm³/mol. The Morgan fingerprint density at radius 3 is 2.29 bits per heavy atom. The number of halogens is 2. The molecule has 21 heavy (non-hydrogen) atoms. The summed E-state index contributed by atoms with van der Waals surface area (Å²) in [6, 6.07) is 10.9. The number of methoxy groups -OCH3 is 1. The van der Waals surface area contributed by atoms with Gasteiger partial charge in [-0.3, -0.25) is 0 Å². The third-order valence-corrected chi connectivity index (χ3v) is 3.16. The topological polar surface area (TPSA) is 41.5 Å². The molecule has 2 N–H and O–H groups in total. The molecule has 0 amide bonds. The van der Waals surface area contributed by atoms with Gasteiger partial charge in [-0.25, -0.2) is 8.78 Å². The van der Waals surface area contributed by atoms with Crippen molar-refractivity contribution in [1.82, 2.24) is 5.32 Å². The van der Waals surface area contributed by atoms with E-state index >= 15 is 0 Å². The lowest BCUT2D eigenvalue weighted by Gasteiger charge is -2.14. The van der Waals surface area contributed by atoms with Crippen LogP contribution in [-0.4, -0.2) is 18.8 Å². The van der Waals surface area contributed by atoms with Gasteiger partial charge in [0.2, 0.25) is 0 Å². The quantitative estimate of drug-likeness (QED) is 0.860. The van der Waals surface area contributed by atoms with Crippen molar-refractivity contribution in [2.75, 3.05) is 13.7 Å². The SMILES string of the molecule is COc1ccc(CNCC(O)c2c(F)cccc2F)cc1. The van der Waals surface area contributed by atoms with Crippen molar-refractivity contribution < 1.29 is 18.6 Å². The van der Waals surface area contributed by atoms with Crippen LogP contribution in [0.1, 0.15) is 17.2 Å². The molecule has 0 saturated heterocycles. The Morgan fingerprint density at radius 2 is 1.71 bits per heavy atom. The molecular formula is C16H17F2NO2. The molecule has 5 heteroatoms. The van der Waals surface area contributed by atoms with Crippen LogP contribution in [0.25, 0.3) is 0 Å². The van der Waals surface area contributed by atoms with E-state index in [9.17, 15) is 13.9 Å². The Bertz CT molecular complexity index is 567. The van der Waals surface area contributed by atoms with E-state index in [-0.39, 0.29) is 12.1 Å². The summed E-state index contributed by atoms with van der Waals surface area (Å²) in [6.45, 7) is 0.543. The summed E-state index contributed by atoms with van der Waals surface area (Å²) in [5.74, 6) is -0.727. The number of ether oxygens (including phenoxy) is 1. The highest BCUT2D eigenvalue weighted by Gasteiger charge is 2.17. The molecule has 0 heterocycles. The van der Waals surface area contributed by atoms with Crippen LogP contribution >= 0.6 is 0 Å². The van der Waals surface area contributed by atoms with Gasteiger partial charge in [-0.15, -0.1) is 0 Å². The van der Waals surface area contributed by atoms with Crippen molar-refractivity contribution in [3.05, 3.63) is 65.2 Å². The van der Waals surface area contributed by atoms with Gasteiger partial charge in [0.25, 0.3) is 0 Å².